The average Bonchev–Trinajstić information content (AvgIpc) is 3.26. The molecule has 0 unspecified atom stereocenters. The lowest BCUT2D eigenvalue weighted by Crippen LogP contribution is -2.48. The highest BCUT2D eigenvalue weighted by Gasteiger charge is 2.34. The Hall–Kier alpha value is -3.19. The van der Waals surface area contributed by atoms with Gasteiger partial charge in [0.15, 0.2) is 0 Å². The largest absolute Gasteiger partial charge is 0.349 e. The molecule has 5 rings (SSSR count). The summed E-state index contributed by atoms with van der Waals surface area (Å²) in [6.45, 7) is 4.08. The first kappa shape index (κ1) is 18.8. The Balaban J connectivity index is 1.17. The summed E-state index contributed by atoms with van der Waals surface area (Å²) in [5.41, 5.74) is 3.47. The zero-order valence-corrected chi connectivity index (χ0v) is 16.8. The van der Waals surface area contributed by atoms with Gasteiger partial charge in [0.25, 0.3) is 11.5 Å². The maximum atomic E-state index is 12.5. The Bertz CT molecular complexity index is 1100. The quantitative estimate of drug-likeness (QED) is 0.683. The van der Waals surface area contributed by atoms with Gasteiger partial charge in [-0.25, -0.2) is 0 Å². The summed E-state index contributed by atoms with van der Waals surface area (Å²) in [4.78, 5) is 27.0. The first-order chi connectivity index (χ1) is 14.7. The molecule has 2 bridgehead atoms. The van der Waals surface area contributed by atoms with Crippen LogP contribution in [0.1, 0.15) is 28.5 Å². The van der Waals surface area contributed by atoms with E-state index in [9.17, 15) is 9.59 Å². The van der Waals surface area contributed by atoms with Crippen molar-refractivity contribution in [2.75, 3.05) is 26.2 Å². The monoisotopic (exact) mass is 403 g/mol. The Morgan fingerprint density at radius 3 is 2.83 bits per heavy atom. The topological polar surface area (TPSA) is 83.0 Å². The first-order valence-electron chi connectivity index (χ1n) is 10.5. The number of fused-ring (bicyclic) bond motifs is 4. The van der Waals surface area contributed by atoms with E-state index in [1.165, 1.54) is 0 Å². The lowest BCUT2D eigenvalue weighted by molar-refractivity contribution is 0.0923. The van der Waals surface area contributed by atoms with Gasteiger partial charge in [-0.05, 0) is 24.5 Å². The van der Waals surface area contributed by atoms with Gasteiger partial charge in [-0.2, -0.15) is 5.10 Å². The van der Waals surface area contributed by atoms with Crippen molar-refractivity contribution in [1.29, 1.82) is 0 Å². The van der Waals surface area contributed by atoms with Crippen LogP contribution in [0.5, 0.6) is 0 Å². The number of hydrogen-bond donors (Lipinski definition) is 2. The lowest BCUT2D eigenvalue weighted by atomic mass is 9.83. The second kappa shape index (κ2) is 7.91. The minimum absolute atomic E-state index is 0.109. The summed E-state index contributed by atoms with van der Waals surface area (Å²) >= 11 is 0. The minimum atomic E-state index is -0.140. The Kier molecular flexibility index (Phi) is 4.96. The molecule has 2 aliphatic rings. The zero-order valence-electron chi connectivity index (χ0n) is 16.8. The molecule has 0 saturated carbocycles. The lowest BCUT2D eigenvalue weighted by Gasteiger charge is -2.42. The van der Waals surface area contributed by atoms with Gasteiger partial charge in [0.1, 0.15) is 5.69 Å². The highest BCUT2D eigenvalue weighted by atomic mass is 16.2. The molecule has 3 aromatic rings. The number of carbonyl (C=O) groups excluding carboxylic acids is 1. The molecule has 1 fully saturated rings. The Morgan fingerprint density at radius 2 is 1.97 bits per heavy atom. The number of rotatable bonds is 5. The van der Waals surface area contributed by atoms with E-state index in [4.69, 9.17) is 0 Å². The van der Waals surface area contributed by atoms with E-state index in [2.05, 4.69) is 26.5 Å². The first-order valence-corrected chi connectivity index (χ1v) is 10.5. The van der Waals surface area contributed by atoms with Gasteiger partial charge < -0.3 is 14.8 Å². The number of aromatic nitrogens is 3. The van der Waals surface area contributed by atoms with Crippen molar-refractivity contribution in [2.45, 2.75) is 18.9 Å². The van der Waals surface area contributed by atoms with Crippen molar-refractivity contribution >= 4 is 5.91 Å². The fraction of sp³-hybridized carbons (Fsp3) is 0.348. The number of nitrogens with one attached hydrogen (secondary N) is 2. The van der Waals surface area contributed by atoms with Crippen LogP contribution in [-0.2, 0) is 6.54 Å². The molecule has 0 radical (unpaired) electrons. The van der Waals surface area contributed by atoms with Crippen LogP contribution in [0, 0.1) is 5.92 Å². The van der Waals surface area contributed by atoms with E-state index in [1.54, 1.807) is 12.1 Å². The van der Waals surface area contributed by atoms with Crippen LogP contribution in [0.25, 0.3) is 11.3 Å². The van der Waals surface area contributed by atoms with Crippen LogP contribution >= 0.6 is 0 Å². The third kappa shape index (κ3) is 3.68. The number of pyridine rings is 1. The molecule has 2 N–H and O–H groups in total. The number of piperidine rings is 1. The minimum Gasteiger partial charge on any atom is -0.349 e. The van der Waals surface area contributed by atoms with Crippen molar-refractivity contribution in [2.24, 2.45) is 5.92 Å². The molecule has 1 amide bonds. The van der Waals surface area contributed by atoms with Crippen molar-refractivity contribution in [3.8, 4) is 11.3 Å². The number of hydrogen-bond acceptors (Lipinski definition) is 4. The van der Waals surface area contributed by atoms with Crippen LogP contribution < -0.4 is 10.9 Å². The van der Waals surface area contributed by atoms with Crippen LogP contribution in [0.15, 0.2) is 59.4 Å². The number of amides is 1. The summed E-state index contributed by atoms with van der Waals surface area (Å²) in [5.74, 6) is 0.745. The molecule has 1 saturated heterocycles. The SMILES string of the molecule is O=C(NCCN1C[C@H]2C[C@@H](C1)c1cccc(=O)n1C2)c1cc(-c2ccccc2)n[nH]1. The number of aromatic amines is 1. The number of H-pyrrole nitrogens is 1. The number of nitrogens with zero attached hydrogens (tertiary/aromatic N) is 3. The van der Waals surface area contributed by atoms with E-state index in [0.717, 1.165) is 49.6 Å². The van der Waals surface area contributed by atoms with E-state index >= 15 is 0 Å². The molecule has 0 spiro atoms. The molecule has 2 aromatic heterocycles. The standard InChI is InChI=1S/C23H25N5O2/c29-22-8-4-7-21-18-11-16(14-28(21)22)13-27(15-18)10-9-24-23(30)20-12-19(25-26-20)17-5-2-1-3-6-17/h1-8,12,16,18H,9-11,13-15H2,(H,24,30)(H,25,26)/t16-,18+/m1/s1. The Morgan fingerprint density at radius 1 is 1.10 bits per heavy atom. The Labute approximate surface area is 174 Å². The molecule has 4 heterocycles. The number of carbonyl (C=O) groups is 1. The second-order valence-corrected chi connectivity index (χ2v) is 8.25. The van der Waals surface area contributed by atoms with Crippen molar-refractivity contribution in [3.05, 3.63) is 76.3 Å². The summed E-state index contributed by atoms with van der Waals surface area (Å²) in [6.07, 6.45) is 1.14. The highest BCUT2D eigenvalue weighted by molar-refractivity contribution is 5.93. The van der Waals surface area contributed by atoms with E-state index < -0.39 is 0 Å². The van der Waals surface area contributed by atoms with Gasteiger partial charge in [0, 0.05) is 56.0 Å². The fourth-order valence-electron chi connectivity index (χ4n) is 4.80. The summed E-state index contributed by atoms with van der Waals surface area (Å²) in [5, 5.41) is 10.1. The summed E-state index contributed by atoms with van der Waals surface area (Å²) in [6, 6.07) is 17.2. The van der Waals surface area contributed by atoms with E-state index in [1.807, 2.05) is 41.0 Å². The van der Waals surface area contributed by atoms with E-state index in [-0.39, 0.29) is 11.5 Å². The maximum Gasteiger partial charge on any atom is 0.269 e. The van der Waals surface area contributed by atoms with Crippen LogP contribution in [0.3, 0.4) is 0 Å². The summed E-state index contributed by atoms with van der Waals surface area (Å²) < 4.78 is 1.94. The average molecular weight is 403 g/mol. The third-order valence-electron chi connectivity index (χ3n) is 6.16. The molecule has 7 nitrogen and oxygen atoms in total. The molecule has 154 valence electrons. The molecule has 7 heteroatoms. The van der Waals surface area contributed by atoms with Gasteiger partial charge in [-0.15, -0.1) is 0 Å². The van der Waals surface area contributed by atoms with Crippen LogP contribution in [0.2, 0.25) is 0 Å². The predicted molar refractivity (Wildman–Crippen MR) is 114 cm³/mol. The van der Waals surface area contributed by atoms with Gasteiger partial charge in [-0.3, -0.25) is 14.7 Å². The van der Waals surface area contributed by atoms with E-state index in [0.29, 0.717) is 24.1 Å². The van der Waals surface area contributed by atoms with Gasteiger partial charge in [0.2, 0.25) is 0 Å². The molecule has 2 aliphatic heterocycles. The van der Waals surface area contributed by atoms with Crippen molar-refractivity contribution in [1.82, 2.24) is 25.0 Å². The smallest absolute Gasteiger partial charge is 0.269 e. The molecule has 30 heavy (non-hydrogen) atoms. The van der Waals surface area contributed by atoms with Crippen molar-refractivity contribution in [3.63, 3.8) is 0 Å². The fourth-order valence-corrected chi connectivity index (χ4v) is 4.80. The maximum absolute atomic E-state index is 12.5. The molecule has 0 aliphatic carbocycles. The van der Waals surface area contributed by atoms with Crippen LogP contribution in [-0.4, -0.2) is 51.8 Å². The second-order valence-electron chi connectivity index (χ2n) is 8.25. The molecule has 2 atom stereocenters. The molecular weight excluding hydrogens is 378 g/mol. The molecule has 1 aromatic carbocycles. The normalized spacial score (nSPS) is 20.5. The predicted octanol–water partition coefficient (Wildman–Crippen LogP) is 2.09. The van der Waals surface area contributed by atoms with Gasteiger partial charge in [0.05, 0.1) is 5.69 Å². The number of likely N-dealkylation sites (tertiary alicyclic amines) is 1. The van der Waals surface area contributed by atoms with Gasteiger partial charge in [-0.1, -0.05) is 36.4 Å². The zero-order chi connectivity index (χ0) is 20.5. The summed E-state index contributed by atoms with van der Waals surface area (Å²) in [7, 11) is 0. The van der Waals surface area contributed by atoms with Crippen molar-refractivity contribution < 1.29 is 4.79 Å². The van der Waals surface area contributed by atoms with Gasteiger partial charge >= 0.3 is 0 Å². The third-order valence-corrected chi connectivity index (χ3v) is 6.16. The highest BCUT2D eigenvalue weighted by Crippen LogP contribution is 2.34. The number of benzene rings is 1. The molecular formula is C23H25N5O2. The van der Waals surface area contributed by atoms with Crippen LogP contribution in [0.4, 0.5) is 0 Å².